The second-order valence-corrected chi connectivity index (χ2v) is 6.30. The van der Waals surface area contributed by atoms with E-state index in [0.29, 0.717) is 23.8 Å². The first kappa shape index (κ1) is 17.2. The largest absolute Gasteiger partial charge is 0.492 e. The summed E-state index contributed by atoms with van der Waals surface area (Å²) in [6.45, 7) is 2.44. The summed E-state index contributed by atoms with van der Waals surface area (Å²) in [5, 5.41) is 2.83. The Bertz CT molecular complexity index is 830. The average molecular weight is 353 g/mol. The zero-order valence-electron chi connectivity index (χ0n) is 13.9. The van der Waals surface area contributed by atoms with Crippen molar-refractivity contribution >= 4 is 23.4 Å². The van der Waals surface area contributed by atoms with Crippen LogP contribution in [0.15, 0.2) is 76.0 Å². The quantitative estimate of drug-likeness (QED) is 0.592. The number of nitrogens with one attached hydrogen (secondary N) is 1. The van der Waals surface area contributed by atoms with Gasteiger partial charge in [0.05, 0.1) is 18.0 Å². The minimum Gasteiger partial charge on any atom is -0.492 e. The summed E-state index contributed by atoms with van der Waals surface area (Å²) in [6.07, 6.45) is 0. The van der Waals surface area contributed by atoms with Crippen molar-refractivity contribution in [2.45, 2.75) is 17.6 Å². The number of amides is 1. The lowest BCUT2D eigenvalue weighted by Gasteiger charge is -2.10. The van der Waals surface area contributed by atoms with Gasteiger partial charge in [-0.05, 0) is 43.3 Å². The van der Waals surface area contributed by atoms with E-state index in [9.17, 15) is 4.79 Å². The van der Waals surface area contributed by atoms with E-state index in [0.717, 1.165) is 10.7 Å². The van der Waals surface area contributed by atoms with Crippen molar-refractivity contribution in [3.05, 3.63) is 78.3 Å². The van der Waals surface area contributed by atoms with Crippen molar-refractivity contribution in [3.63, 3.8) is 0 Å². The molecule has 128 valence electrons. The number of anilines is 1. The molecule has 25 heavy (non-hydrogen) atoms. The molecule has 0 fully saturated rings. The van der Waals surface area contributed by atoms with E-state index in [1.54, 1.807) is 23.9 Å². The SMILES string of the molecule is CCOc1ccccc1NC(=O)c1ccc(CSc2ccccc2)o1. The molecule has 0 aliphatic heterocycles. The van der Waals surface area contributed by atoms with Crippen molar-refractivity contribution < 1.29 is 13.9 Å². The number of ether oxygens (including phenoxy) is 1. The molecule has 4 nitrogen and oxygen atoms in total. The molecule has 1 N–H and O–H groups in total. The van der Waals surface area contributed by atoms with E-state index in [4.69, 9.17) is 9.15 Å². The first-order valence-corrected chi connectivity index (χ1v) is 9.04. The molecular weight excluding hydrogens is 334 g/mol. The molecule has 1 heterocycles. The predicted octanol–water partition coefficient (Wildman–Crippen LogP) is 5.22. The van der Waals surface area contributed by atoms with E-state index in [2.05, 4.69) is 5.32 Å². The Morgan fingerprint density at radius 2 is 1.80 bits per heavy atom. The summed E-state index contributed by atoms with van der Waals surface area (Å²) in [5.41, 5.74) is 0.631. The number of para-hydroxylation sites is 2. The summed E-state index contributed by atoms with van der Waals surface area (Å²) >= 11 is 1.67. The number of carbonyl (C=O) groups excluding carboxylic acids is 1. The zero-order valence-corrected chi connectivity index (χ0v) is 14.7. The maximum absolute atomic E-state index is 12.4. The molecule has 0 spiro atoms. The van der Waals surface area contributed by atoms with Gasteiger partial charge in [0, 0.05) is 4.90 Å². The molecule has 3 rings (SSSR count). The Kier molecular flexibility index (Phi) is 5.80. The van der Waals surface area contributed by atoms with Gasteiger partial charge in [-0.1, -0.05) is 30.3 Å². The summed E-state index contributed by atoms with van der Waals surface area (Å²) in [5.74, 6) is 2.08. The number of furan rings is 1. The third kappa shape index (κ3) is 4.67. The van der Waals surface area contributed by atoms with E-state index in [1.807, 2.05) is 61.5 Å². The number of thioether (sulfide) groups is 1. The number of rotatable bonds is 7. The first-order valence-electron chi connectivity index (χ1n) is 8.06. The van der Waals surface area contributed by atoms with Gasteiger partial charge < -0.3 is 14.5 Å². The van der Waals surface area contributed by atoms with Crippen molar-refractivity contribution in [1.82, 2.24) is 0 Å². The van der Waals surface area contributed by atoms with Crippen LogP contribution < -0.4 is 10.1 Å². The highest BCUT2D eigenvalue weighted by molar-refractivity contribution is 7.98. The Balaban J connectivity index is 1.63. The molecule has 3 aromatic rings. The Morgan fingerprint density at radius 3 is 2.60 bits per heavy atom. The Labute approximate surface area is 151 Å². The van der Waals surface area contributed by atoms with Crippen LogP contribution in [0.4, 0.5) is 5.69 Å². The Hall–Kier alpha value is -2.66. The second-order valence-electron chi connectivity index (χ2n) is 5.25. The van der Waals surface area contributed by atoms with Crippen LogP contribution in [0.25, 0.3) is 0 Å². The van der Waals surface area contributed by atoms with Gasteiger partial charge in [-0.25, -0.2) is 0 Å². The molecule has 5 heteroatoms. The van der Waals surface area contributed by atoms with Gasteiger partial charge in [-0.2, -0.15) is 0 Å². The molecule has 1 aromatic heterocycles. The van der Waals surface area contributed by atoms with Crippen LogP contribution in [0, 0.1) is 0 Å². The van der Waals surface area contributed by atoms with Crippen LogP contribution in [-0.2, 0) is 5.75 Å². The smallest absolute Gasteiger partial charge is 0.291 e. The lowest BCUT2D eigenvalue weighted by Crippen LogP contribution is -2.12. The number of hydrogen-bond donors (Lipinski definition) is 1. The molecule has 2 aromatic carbocycles. The maximum atomic E-state index is 12.4. The highest BCUT2D eigenvalue weighted by atomic mass is 32.2. The number of hydrogen-bond acceptors (Lipinski definition) is 4. The minimum absolute atomic E-state index is 0.287. The highest BCUT2D eigenvalue weighted by Crippen LogP contribution is 2.26. The van der Waals surface area contributed by atoms with Gasteiger partial charge in [0.15, 0.2) is 5.76 Å². The molecule has 0 atom stereocenters. The standard InChI is InChI=1S/C20H19NO3S/c1-2-23-18-11-7-6-10-17(18)21-20(22)19-13-12-15(24-19)14-25-16-8-4-3-5-9-16/h3-13H,2,14H2,1H3,(H,21,22). The van der Waals surface area contributed by atoms with Crippen LogP contribution in [0.1, 0.15) is 23.2 Å². The normalized spacial score (nSPS) is 10.4. The molecule has 0 saturated heterocycles. The van der Waals surface area contributed by atoms with Gasteiger partial charge in [0.2, 0.25) is 0 Å². The molecule has 0 aliphatic carbocycles. The lowest BCUT2D eigenvalue weighted by atomic mass is 10.3. The molecule has 0 aliphatic rings. The molecule has 0 saturated carbocycles. The van der Waals surface area contributed by atoms with E-state index < -0.39 is 0 Å². The monoisotopic (exact) mass is 353 g/mol. The van der Waals surface area contributed by atoms with Crippen molar-refractivity contribution in [3.8, 4) is 5.75 Å². The van der Waals surface area contributed by atoms with Crippen LogP contribution in [0.3, 0.4) is 0 Å². The van der Waals surface area contributed by atoms with E-state index in [-0.39, 0.29) is 11.7 Å². The fraction of sp³-hybridized carbons (Fsp3) is 0.150. The number of carbonyl (C=O) groups is 1. The molecule has 0 radical (unpaired) electrons. The van der Waals surface area contributed by atoms with Gasteiger partial charge in [-0.15, -0.1) is 11.8 Å². The van der Waals surface area contributed by atoms with E-state index in [1.165, 1.54) is 0 Å². The zero-order chi connectivity index (χ0) is 17.5. The summed E-state index contributed by atoms with van der Waals surface area (Å²) in [4.78, 5) is 13.6. The molecular formula is C20H19NO3S. The van der Waals surface area contributed by atoms with E-state index >= 15 is 0 Å². The van der Waals surface area contributed by atoms with Crippen molar-refractivity contribution in [2.24, 2.45) is 0 Å². The van der Waals surface area contributed by atoms with Crippen LogP contribution in [-0.4, -0.2) is 12.5 Å². The second kappa shape index (κ2) is 8.44. The summed E-state index contributed by atoms with van der Waals surface area (Å²) in [6, 6.07) is 20.9. The van der Waals surface area contributed by atoms with Gasteiger partial charge in [0.25, 0.3) is 5.91 Å². The van der Waals surface area contributed by atoms with Crippen LogP contribution >= 0.6 is 11.8 Å². The highest BCUT2D eigenvalue weighted by Gasteiger charge is 2.14. The fourth-order valence-electron chi connectivity index (χ4n) is 2.28. The van der Waals surface area contributed by atoms with Crippen molar-refractivity contribution in [2.75, 3.05) is 11.9 Å². The molecule has 0 unspecified atom stereocenters. The molecule has 1 amide bonds. The third-order valence-electron chi connectivity index (χ3n) is 3.44. The first-order chi connectivity index (χ1) is 12.3. The summed E-state index contributed by atoms with van der Waals surface area (Å²) < 4.78 is 11.2. The van der Waals surface area contributed by atoms with Crippen LogP contribution in [0.2, 0.25) is 0 Å². The fourth-order valence-corrected chi connectivity index (χ4v) is 3.10. The van der Waals surface area contributed by atoms with Gasteiger partial charge >= 0.3 is 0 Å². The third-order valence-corrected chi connectivity index (χ3v) is 4.48. The van der Waals surface area contributed by atoms with Crippen LogP contribution in [0.5, 0.6) is 5.75 Å². The minimum atomic E-state index is -0.289. The van der Waals surface area contributed by atoms with Crippen molar-refractivity contribution in [1.29, 1.82) is 0 Å². The molecule has 0 bridgehead atoms. The maximum Gasteiger partial charge on any atom is 0.291 e. The average Bonchev–Trinajstić information content (AvgIpc) is 3.12. The lowest BCUT2D eigenvalue weighted by molar-refractivity contribution is 0.0995. The predicted molar refractivity (Wildman–Crippen MR) is 100 cm³/mol. The number of benzene rings is 2. The van der Waals surface area contributed by atoms with Gasteiger partial charge in [0.1, 0.15) is 11.5 Å². The van der Waals surface area contributed by atoms with Gasteiger partial charge in [-0.3, -0.25) is 4.79 Å². The topological polar surface area (TPSA) is 51.5 Å². The Morgan fingerprint density at radius 1 is 1.04 bits per heavy atom. The summed E-state index contributed by atoms with van der Waals surface area (Å²) in [7, 11) is 0.